The van der Waals surface area contributed by atoms with Gasteiger partial charge in [0, 0.05) is 0 Å². The lowest BCUT2D eigenvalue weighted by Gasteiger charge is -2.14. The fraction of sp³-hybridized carbons (Fsp3) is 0.500. The Morgan fingerprint density at radius 3 is 2.50 bits per heavy atom. The van der Waals surface area contributed by atoms with E-state index in [9.17, 15) is 13.2 Å². The second-order valence-corrected chi connectivity index (χ2v) is 6.93. The Labute approximate surface area is 132 Å². The largest absolute Gasteiger partial charge is 0.479 e. The lowest BCUT2D eigenvalue weighted by atomic mass is 10.1. The molecular formula is C16H23O5S. The first kappa shape index (κ1) is 18.6. The Balaban J connectivity index is 2.30. The van der Waals surface area contributed by atoms with E-state index in [0.29, 0.717) is 6.42 Å². The molecule has 6 heteroatoms. The first-order valence-electron chi connectivity index (χ1n) is 7.39. The van der Waals surface area contributed by atoms with Crippen molar-refractivity contribution in [3.8, 4) is 0 Å². The van der Waals surface area contributed by atoms with E-state index >= 15 is 0 Å². The van der Waals surface area contributed by atoms with Crippen LogP contribution in [0.5, 0.6) is 0 Å². The van der Waals surface area contributed by atoms with Crippen molar-refractivity contribution < 1.29 is 22.5 Å². The molecule has 0 saturated heterocycles. The van der Waals surface area contributed by atoms with Crippen molar-refractivity contribution >= 4 is 16.1 Å². The van der Waals surface area contributed by atoms with Gasteiger partial charge < -0.3 is 5.11 Å². The third-order valence-electron chi connectivity index (χ3n) is 3.39. The summed E-state index contributed by atoms with van der Waals surface area (Å²) >= 11 is 0. The van der Waals surface area contributed by atoms with Gasteiger partial charge in [-0.1, -0.05) is 50.1 Å². The van der Waals surface area contributed by atoms with Crippen molar-refractivity contribution in [3.05, 3.63) is 42.3 Å². The zero-order chi connectivity index (χ0) is 16.4. The van der Waals surface area contributed by atoms with Gasteiger partial charge >= 0.3 is 5.97 Å². The Morgan fingerprint density at radius 2 is 1.91 bits per heavy atom. The summed E-state index contributed by atoms with van der Waals surface area (Å²) in [5.74, 6) is -1.29. The Hall–Kier alpha value is -1.40. The molecule has 5 nitrogen and oxygen atoms in total. The summed E-state index contributed by atoms with van der Waals surface area (Å²) in [7, 11) is -3.84. The minimum atomic E-state index is -3.84. The average molecular weight is 327 g/mol. The zero-order valence-corrected chi connectivity index (χ0v) is 13.6. The van der Waals surface area contributed by atoms with Crippen molar-refractivity contribution in [2.24, 2.45) is 0 Å². The summed E-state index contributed by atoms with van der Waals surface area (Å²) in [6, 6.07) is 10.1. The second-order valence-electron chi connectivity index (χ2n) is 5.11. The van der Waals surface area contributed by atoms with Crippen molar-refractivity contribution in [1.29, 1.82) is 0 Å². The number of carboxylic acids is 1. The number of rotatable bonds is 11. The topological polar surface area (TPSA) is 80.7 Å². The smallest absolute Gasteiger partial charge is 0.331 e. The number of carbonyl (C=O) groups is 1. The molecule has 0 aliphatic heterocycles. The number of aryl methyl sites for hydroxylation is 1. The molecule has 0 aliphatic rings. The van der Waals surface area contributed by atoms with E-state index in [2.05, 4.69) is 16.3 Å². The lowest BCUT2D eigenvalue weighted by Crippen LogP contribution is -2.25. The SMILES string of the molecule is C[CH]C(CCCCCc1ccccc1)S(=O)(=O)OCC(=O)O. The summed E-state index contributed by atoms with van der Waals surface area (Å²) in [5, 5.41) is 7.74. The molecule has 0 heterocycles. The van der Waals surface area contributed by atoms with Crippen LogP contribution >= 0.6 is 0 Å². The van der Waals surface area contributed by atoms with Crippen LogP contribution in [-0.4, -0.2) is 31.4 Å². The number of hydrogen-bond acceptors (Lipinski definition) is 4. The molecule has 0 amide bonds. The van der Waals surface area contributed by atoms with Crippen LogP contribution in [-0.2, 0) is 25.5 Å². The summed E-state index contributed by atoms with van der Waals surface area (Å²) in [6.07, 6.45) is 5.66. The van der Waals surface area contributed by atoms with Gasteiger partial charge in [0.05, 0.1) is 5.25 Å². The van der Waals surface area contributed by atoms with Gasteiger partial charge in [0.15, 0.2) is 6.61 Å². The molecule has 1 aromatic carbocycles. The van der Waals surface area contributed by atoms with Crippen LogP contribution in [0.4, 0.5) is 0 Å². The van der Waals surface area contributed by atoms with Crippen molar-refractivity contribution in [2.75, 3.05) is 6.61 Å². The molecule has 123 valence electrons. The van der Waals surface area contributed by atoms with Gasteiger partial charge in [-0.15, -0.1) is 0 Å². The van der Waals surface area contributed by atoms with Crippen LogP contribution in [0.1, 0.15) is 38.2 Å². The molecule has 22 heavy (non-hydrogen) atoms. The van der Waals surface area contributed by atoms with Crippen LogP contribution in [0, 0.1) is 6.42 Å². The maximum Gasteiger partial charge on any atom is 0.331 e. The van der Waals surface area contributed by atoms with Gasteiger partial charge in [0.1, 0.15) is 0 Å². The van der Waals surface area contributed by atoms with E-state index in [1.165, 1.54) is 5.56 Å². The van der Waals surface area contributed by atoms with Gasteiger partial charge in [-0.25, -0.2) is 4.79 Å². The van der Waals surface area contributed by atoms with E-state index in [1.54, 1.807) is 13.3 Å². The molecule has 0 saturated carbocycles. The van der Waals surface area contributed by atoms with Crippen LogP contribution in [0.15, 0.2) is 30.3 Å². The normalized spacial score (nSPS) is 13.0. The Kier molecular flexibility index (Phi) is 8.12. The summed E-state index contributed by atoms with van der Waals surface area (Å²) in [4.78, 5) is 10.4. The monoisotopic (exact) mass is 327 g/mol. The zero-order valence-electron chi connectivity index (χ0n) is 12.8. The quantitative estimate of drug-likeness (QED) is 0.499. The molecule has 1 N–H and O–H groups in total. The number of hydrogen-bond donors (Lipinski definition) is 1. The molecule has 0 aliphatic carbocycles. The van der Waals surface area contributed by atoms with E-state index in [1.807, 2.05) is 18.2 Å². The number of benzene rings is 1. The molecular weight excluding hydrogens is 304 g/mol. The summed E-state index contributed by atoms with van der Waals surface area (Å²) in [6.45, 7) is 0.830. The minimum Gasteiger partial charge on any atom is -0.479 e. The number of aliphatic carboxylic acids is 1. The first-order valence-corrected chi connectivity index (χ1v) is 8.86. The Morgan fingerprint density at radius 1 is 1.23 bits per heavy atom. The molecule has 0 fully saturated rings. The molecule has 1 rings (SSSR count). The van der Waals surface area contributed by atoms with Gasteiger partial charge in [0.25, 0.3) is 10.1 Å². The van der Waals surface area contributed by atoms with Gasteiger partial charge in [-0.3, -0.25) is 4.18 Å². The minimum absolute atomic E-state index is 0.452. The maximum atomic E-state index is 11.8. The number of carboxylic acid groups (broad SMARTS) is 1. The van der Waals surface area contributed by atoms with Crippen LogP contribution < -0.4 is 0 Å². The van der Waals surface area contributed by atoms with Gasteiger partial charge in [-0.05, 0) is 31.2 Å². The molecule has 1 aromatic rings. The van der Waals surface area contributed by atoms with Crippen LogP contribution in [0.3, 0.4) is 0 Å². The highest BCUT2D eigenvalue weighted by Gasteiger charge is 2.25. The van der Waals surface area contributed by atoms with Crippen LogP contribution in [0.2, 0.25) is 0 Å². The van der Waals surface area contributed by atoms with E-state index in [4.69, 9.17) is 5.11 Å². The molecule has 0 spiro atoms. The second kappa shape index (κ2) is 9.58. The fourth-order valence-corrected chi connectivity index (χ4v) is 3.42. The predicted octanol–water partition coefficient (Wildman–Crippen LogP) is 2.81. The van der Waals surface area contributed by atoms with Crippen molar-refractivity contribution in [1.82, 2.24) is 0 Å². The molecule has 1 atom stereocenters. The van der Waals surface area contributed by atoms with E-state index in [-0.39, 0.29) is 0 Å². The molecule has 1 radical (unpaired) electrons. The first-order chi connectivity index (χ1) is 10.5. The van der Waals surface area contributed by atoms with Crippen LogP contribution in [0.25, 0.3) is 0 Å². The molecule has 1 unspecified atom stereocenters. The highest BCUT2D eigenvalue weighted by atomic mass is 32.2. The predicted molar refractivity (Wildman–Crippen MR) is 84.9 cm³/mol. The number of unbranched alkanes of at least 4 members (excludes halogenated alkanes) is 2. The Bertz CT molecular complexity index is 539. The van der Waals surface area contributed by atoms with Gasteiger partial charge in [0.2, 0.25) is 0 Å². The summed E-state index contributed by atoms with van der Waals surface area (Å²) in [5.41, 5.74) is 1.28. The van der Waals surface area contributed by atoms with Gasteiger partial charge in [-0.2, -0.15) is 8.42 Å². The van der Waals surface area contributed by atoms with Crippen molar-refractivity contribution in [3.63, 3.8) is 0 Å². The molecule has 0 bridgehead atoms. The third-order valence-corrected chi connectivity index (χ3v) is 5.08. The fourth-order valence-electron chi connectivity index (χ4n) is 2.19. The standard InChI is InChI=1S/C16H23O5S/c1-2-15(22(19,20)21-13-16(17)18)12-8-4-7-11-14-9-5-3-6-10-14/h2-3,5-6,9-10,15H,4,7-8,11-13H2,1H3,(H,17,18). The van der Waals surface area contributed by atoms with E-state index < -0.39 is 27.9 Å². The van der Waals surface area contributed by atoms with E-state index in [0.717, 1.165) is 25.7 Å². The third kappa shape index (κ3) is 7.04. The average Bonchev–Trinajstić information content (AvgIpc) is 2.50. The summed E-state index contributed by atoms with van der Waals surface area (Å²) < 4.78 is 28.2. The maximum absolute atomic E-state index is 11.8. The highest BCUT2D eigenvalue weighted by molar-refractivity contribution is 7.87. The lowest BCUT2D eigenvalue weighted by molar-refractivity contribution is -0.139. The molecule has 0 aromatic heterocycles. The van der Waals surface area contributed by atoms with Crippen molar-refractivity contribution in [2.45, 2.75) is 44.3 Å². The highest BCUT2D eigenvalue weighted by Crippen LogP contribution is 2.17.